The Morgan fingerprint density at radius 2 is 2.11 bits per heavy atom. The van der Waals surface area contributed by atoms with Gasteiger partial charge in [-0.05, 0) is 44.8 Å². The van der Waals surface area contributed by atoms with E-state index in [1.807, 2.05) is 0 Å². The van der Waals surface area contributed by atoms with Crippen molar-refractivity contribution in [3.8, 4) is 0 Å². The summed E-state index contributed by atoms with van der Waals surface area (Å²) < 4.78 is 5.80. The Morgan fingerprint density at radius 3 is 2.63 bits per heavy atom. The Labute approximate surface area is 120 Å². The van der Waals surface area contributed by atoms with E-state index in [4.69, 9.17) is 4.74 Å². The molecule has 0 aromatic heterocycles. The Morgan fingerprint density at radius 1 is 1.32 bits per heavy atom. The SMILES string of the molecule is CCCN(CC)CC1(CNCC(C)C)CCCOC1. The van der Waals surface area contributed by atoms with Crippen molar-refractivity contribution < 1.29 is 4.74 Å². The number of nitrogens with one attached hydrogen (secondary N) is 1. The third kappa shape index (κ3) is 6.24. The molecule has 0 spiro atoms. The quantitative estimate of drug-likeness (QED) is 0.697. The molecule has 1 rings (SSSR count). The molecule has 1 atom stereocenters. The molecule has 114 valence electrons. The van der Waals surface area contributed by atoms with E-state index in [0.29, 0.717) is 5.41 Å². The second-order valence-corrected chi connectivity index (χ2v) is 6.55. The van der Waals surface area contributed by atoms with Crippen molar-refractivity contribution in [2.75, 3.05) is 45.9 Å². The largest absolute Gasteiger partial charge is 0.381 e. The average molecular weight is 270 g/mol. The highest BCUT2D eigenvalue weighted by Gasteiger charge is 2.34. The highest BCUT2D eigenvalue weighted by atomic mass is 16.5. The van der Waals surface area contributed by atoms with Gasteiger partial charge in [-0.3, -0.25) is 0 Å². The third-order valence-electron chi connectivity index (χ3n) is 4.00. The number of rotatable bonds is 9. The lowest BCUT2D eigenvalue weighted by Crippen LogP contribution is -2.49. The van der Waals surface area contributed by atoms with Crippen LogP contribution < -0.4 is 5.32 Å². The van der Waals surface area contributed by atoms with Crippen LogP contribution in [0.2, 0.25) is 0 Å². The molecule has 3 nitrogen and oxygen atoms in total. The lowest BCUT2D eigenvalue weighted by molar-refractivity contribution is -0.0257. The summed E-state index contributed by atoms with van der Waals surface area (Å²) >= 11 is 0. The van der Waals surface area contributed by atoms with Crippen molar-refractivity contribution in [3.05, 3.63) is 0 Å². The van der Waals surface area contributed by atoms with E-state index in [2.05, 4.69) is 37.9 Å². The van der Waals surface area contributed by atoms with E-state index in [1.54, 1.807) is 0 Å². The van der Waals surface area contributed by atoms with Gasteiger partial charge in [0.15, 0.2) is 0 Å². The minimum atomic E-state index is 0.332. The van der Waals surface area contributed by atoms with Crippen LogP contribution in [0.5, 0.6) is 0 Å². The van der Waals surface area contributed by atoms with Crippen LogP contribution in [0.25, 0.3) is 0 Å². The molecule has 19 heavy (non-hydrogen) atoms. The zero-order valence-electron chi connectivity index (χ0n) is 13.5. The van der Waals surface area contributed by atoms with Crippen molar-refractivity contribution in [1.82, 2.24) is 10.2 Å². The molecule has 1 fully saturated rings. The van der Waals surface area contributed by atoms with Gasteiger partial charge in [-0.1, -0.05) is 27.7 Å². The van der Waals surface area contributed by atoms with Gasteiger partial charge >= 0.3 is 0 Å². The number of nitrogens with zero attached hydrogens (tertiary/aromatic N) is 1. The molecule has 1 unspecified atom stereocenters. The molecular formula is C16H34N2O. The fourth-order valence-electron chi connectivity index (χ4n) is 3.00. The van der Waals surface area contributed by atoms with Gasteiger partial charge in [0.25, 0.3) is 0 Å². The molecule has 0 bridgehead atoms. The van der Waals surface area contributed by atoms with Crippen LogP contribution in [0.4, 0.5) is 0 Å². The lowest BCUT2D eigenvalue weighted by atomic mass is 9.81. The van der Waals surface area contributed by atoms with Gasteiger partial charge < -0.3 is 15.0 Å². The molecular weight excluding hydrogens is 236 g/mol. The Hall–Kier alpha value is -0.120. The highest BCUT2D eigenvalue weighted by Crippen LogP contribution is 2.29. The summed E-state index contributed by atoms with van der Waals surface area (Å²) in [5.74, 6) is 0.722. The molecule has 0 aliphatic carbocycles. The number of ether oxygens (including phenoxy) is 1. The number of hydrogen-bond donors (Lipinski definition) is 1. The van der Waals surface area contributed by atoms with Crippen LogP contribution in [0, 0.1) is 11.3 Å². The number of hydrogen-bond acceptors (Lipinski definition) is 3. The maximum Gasteiger partial charge on any atom is 0.0546 e. The Balaban J connectivity index is 2.53. The molecule has 1 aliphatic rings. The van der Waals surface area contributed by atoms with Gasteiger partial charge in [0.1, 0.15) is 0 Å². The predicted molar refractivity (Wildman–Crippen MR) is 82.6 cm³/mol. The summed E-state index contributed by atoms with van der Waals surface area (Å²) in [6, 6.07) is 0. The summed E-state index contributed by atoms with van der Waals surface area (Å²) in [6.45, 7) is 16.7. The van der Waals surface area contributed by atoms with Crippen LogP contribution in [-0.4, -0.2) is 50.8 Å². The van der Waals surface area contributed by atoms with Gasteiger partial charge in [0.05, 0.1) is 6.61 Å². The monoisotopic (exact) mass is 270 g/mol. The molecule has 0 aromatic carbocycles. The van der Waals surface area contributed by atoms with Crippen molar-refractivity contribution in [2.24, 2.45) is 11.3 Å². The van der Waals surface area contributed by atoms with Crippen LogP contribution in [0.3, 0.4) is 0 Å². The average Bonchev–Trinajstić information content (AvgIpc) is 2.39. The van der Waals surface area contributed by atoms with Crippen LogP contribution in [0.15, 0.2) is 0 Å². The molecule has 3 heteroatoms. The fraction of sp³-hybridized carbons (Fsp3) is 1.00. The molecule has 0 saturated carbocycles. The van der Waals surface area contributed by atoms with E-state index in [-0.39, 0.29) is 0 Å². The van der Waals surface area contributed by atoms with Crippen molar-refractivity contribution >= 4 is 0 Å². The summed E-state index contributed by atoms with van der Waals surface area (Å²) in [7, 11) is 0. The predicted octanol–water partition coefficient (Wildman–Crippen LogP) is 2.76. The van der Waals surface area contributed by atoms with Crippen LogP contribution in [0.1, 0.15) is 47.0 Å². The van der Waals surface area contributed by atoms with Crippen LogP contribution in [-0.2, 0) is 4.74 Å². The molecule has 0 radical (unpaired) electrons. The second kappa shape index (κ2) is 8.93. The summed E-state index contributed by atoms with van der Waals surface area (Å²) in [4.78, 5) is 2.59. The highest BCUT2D eigenvalue weighted by molar-refractivity contribution is 4.87. The molecule has 0 amide bonds. The lowest BCUT2D eigenvalue weighted by Gasteiger charge is -2.41. The summed E-state index contributed by atoms with van der Waals surface area (Å²) in [5.41, 5.74) is 0.332. The van der Waals surface area contributed by atoms with E-state index in [1.165, 1.54) is 32.4 Å². The van der Waals surface area contributed by atoms with E-state index < -0.39 is 0 Å². The molecule has 0 aromatic rings. The third-order valence-corrected chi connectivity index (χ3v) is 4.00. The van der Waals surface area contributed by atoms with Crippen molar-refractivity contribution in [1.29, 1.82) is 0 Å². The first-order valence-electron chi connectivity index (χ1n) is 8.12. The minimum absolute atomic E-state index is 0.332. The van der Waals surface area contributed by atoms with E-state index in [0.717, 1.165) is 38.8 Å². The zero-order valence-corrected chi connectivity index (χ0v) is 13.5. The maximum absolute atomic E-state index is 5.80. The van der Waals surface area contributed by atoms with Gasteiger partial charge in [-0.2, -0.15) is 0 Å². The van der Waals surface area contributed by atoms with Crippen molar-refractivity contribution in [3.63, 3.8) is 0 Å². The zero-order chi connectivity index (χ0) is 14.1. The second-order valence-electron chi connectivity index (χ2n) is 6.55. The topological polar surface area (TPSA) is 24.5 Å². The first-order chi connectivity index (χ1) is 9.12. The first kappa shape index (κ1) is 16.9. The van der Waals surface area contributed by atoms with Gasteiger partial charge in [0.2, 0.25) is 0 Å². The standard InChI is InChI=1S/C16H34N2O/c1-5-9-18(6-2)13-16(8-7-10-19-14-16)12-17-11-15(3)4/h15,17H,5-14H2,1-4H3. The van der Waals surface area contributed by atoms with Gasteiger partial charge in [0, 0.05) is 25.1 Å². The Bertz CT molecular complexity index is 225. The smallest absolute Gasteiger partial charge is 0.0546 e. The van der Waals surface area contributed by atoms with Gasteiger partial charge in [-0.15, -0.1) is 0 Å². The van der Waals surface area contributed by atoms with Crippen molar-refractivity contribution in [2.45, 2.75) is 47.0 Å². The van der Waals surface area contributed by atoms with Crippen LogP contribution >= 0.6 is 0 Å². The molecule has 1 heterocycles. The van der Waals surface area contributed by atoms with E-state index in [9.17, 15) is 0 Å². The minimum Gasteiger partial charge on any atom is -0.381 e. The van der Waals surface area contributed by atoms with Gasteiger partial charge in [-0.25, -0.2) is 0 Å². The summed E-state index contributed by atoms with van der Waals surface area (Å²) in [5, 5.41) is 3.66. The fourth-order valence-corrected chi connectivity index (χ4v) is 3.00. The molecule has 1 saturated heterocycles. The normalized spacial score (nSPS) is 24.3. The first-order valence-corrected chi connectivity index (χ1v) is 8.12. The summed E-state index contributed by atoms with van der Waals surface area (Å²) in [6.07, 6.45) is 3.76. The molecule has 1 N–H and O–H groups in total. The van der Waals surface area contributed by atoms with E-state index >= 15 is 0 Å². The Kier molecular flexibility index (Phi) is 7.96. The maximum atomic E-state index is 5.80. The molecule has 1 aliphatic heterocycles.